The molecule has 1 aromatic heterocycles. The van der Waals surface area contributed by atoms with E-state index in [1.165, 1.54) is 0 Å². The zero-order valence-corrected chi connectivity index (χ0v) is 11.8. The van der Waals surface area contributed by atoms with Crippen molar-refractivity contribution < 1.29 is 4.79 Å². The van der Waals surface area contributed by atoms with Crippen LogP contribution in [-0.2, 0) is 0 Å². The number of rotatable bonds is 5. The normalized spacial score (nSPS) is 10.1. The molecule has 0 spiro atoms. The van der Waals surface area contributed by atoms with Crippen LogP contribution in [0.3, 0.4) is 0 Å². The Morgan fingerprint density at radius 2 is 1.95 bits per heavy atom. The predicted octanol–water partition coefficient (Wildman–Crippen LogP) is 3.18. The summed E-state index contributed by atoms with van der Waals surface area (Å²) in [6.07, 6.45) is 2.75. The molecule has 1 aromatic carbocycles. The summed E-state index contributed by atoms with van der Waals surface area (Å²) >= 11 is 0. The fraction of sp³-hybridized carbons (Fsp3) is 0.250. The molecule has 0 bridgehead atoms. The van der Waals surface area contributed by atoms with Gasteiger partial charge in [0, 0.05) is 31.0 Å². The van der Waals surface area contributed by atoms with Crippen LogP contribution in [0.25, 0.3) is 0 Å². The average Bonchev–Trinajstić information content (AvgIpc) is 2.53. The van der Waals surface area contributed by atoms with Gasteiger partial charge in [0.2, 0.25) is 0 Å². The van der Waals surface area contributed by atoms with Crippen LogP contribution in [0.5, 0.6) is 0 Å². The number of aromatic nitrogens is 1. The molecule has 0 aliphatic heterocycles. The zero-order valence-electron chi connectivity index (χ0n) is 11.8. The van der Waals surface area contributed by atoms with Crippen molar-refractivity contribution in [3.8, 4) is 0 Å². The molecule has 0 saturated heterocycles. The molecular formula is C16H19N3O. The third-order valence-electron chi connectivity index (χ3n) is 3.01. The minimum absolute atomic E-state index is 0.0641. The Bertz CT molecular complexity index is 552. The Morgan fingerprint density at radius 1 is 1.20 bits per heavy atom. The first-order chi connectivity index (χ1) is 9.72. The SMILES string of the molecule is CCCNc1ccc(C(=O)N(C)c2ccccn2)cc1. The van der Waals surface area contributed by atoms with Crippen molar-refractivity contribution in [2.24, 2.45) is 0 Å². The second-order valence-electron chi connectivity index (χ2n) is 4.56. The molecule has 1 heterocycles. The van der Waals surface area contributed by atoms with Gasteiger partial charge in [-0.15, -0.1) is 0 Å². The van der Waals surface area contributed by atoms with Crippen LogP contribution in [0.2, 0.25) is 0 Å². The van der Waals surface area contributed by atoms with Gasteiger partial charge in [-0.25, -0.2) is 4.98 Å². The summed E-state index contributed by atoms with van der Waals surface area (Å²) in [6.45, 7) is 3.05. The van der Waals surface area contributed by atoms with E-state index in [0.717, 1.165) is 18.7 Å². The molecule has 4 heteroatoms. The van der Waals surface area contributed by atoms with Crippen molar-refractivity contribution in [1.82, 2.24) is 4.98 Å². The smallest absolute Gasteiger partial charge is 0.259 e. The number of carbonyl (C=O) groups is 1. The van der Waals surface area contributed by atoms with Crippen LogP contribution in [0.4, 0.5) is 11.5 Å². The quantitative estimate of drug-likeness (QED) is 0.906. The van der Waals surface area contributed by atoms with E-state index >= 15 is 0 Å². The Kier molecular flexibility index (Phi) is 4.71. The molecule has 20 heavy (non-hydrogen) atoms. The van der Waals surface area contributed by atoms with Gasteiger partial charge in [0.1, 0.15) is 5.82 Å². The molecule has 0 unspecified atom stereocenters. The molecule has 2 aromatic rings. The molecule has 4 nitrogen and oxygen atoms in total. The van der Waals surface area contributed by atoms with Gasteiger partial charge in [0.15, 0.2) is 0 Å². The summed E-state index contributed by atoms with van der Waals surface area (Å²) in [7, 11) is 1.73. The molecule has 104 valence electrons. The van der Waals surface area contributed by atoms with Gasteiger partial charge in [-0.3, -0.25) is 9.69 Å². The van der Waals surface area contributed by atoms with E-state index in [9.17, 15) is 4.79 Å². The molecule has 2 rings (SSSR count). The fourth-order valence-electron chi connectivity index (χ4n) is 1.85. The number of nitrogens with zero attached hydrogens (tertiary/aromatic N) is 2. The number of hydrogen-bond donors (Lipinski definition) is 1. The first-order valence-electron chi connectivity index (χ1n) is 6.75. The van der Waals surface area contributed by atoms with E-state index in [4.69, 9.17) is 0 Å². The Labute approximate surface area is 119 Å². The molecule has 1 N–H and O–H groups in total. The third-order valence-corrected chi connectivity index (χ3v) is 3.01. The van der Waals surface area contributed by atoms with Crippen LogP contribution in [0, 0.1) is 0 Å². The minimum Gasteiger partial charge on any atom is -0.385 e. The Morgan fingerprint density at radius 3 is 2.55 bits per heavy atom. The van der Waals surface area contributed by atoms with E-state index in [0.29, 0.717) is 11.4 Å². The number of amides is 1. The predicted molar refractivity (Wildman–Crippen MR) is 82.2 cm³/mol. The summed E-state index contributed by atoms with van der Waals surface area (Å²) in [4.78, 5) is 18.1. The summed E-state index contributed by atoms with van der Waals surface area (Å²) in [5.41, 5.74) is 1.68. The highest BCUT2D eigenvalue weighted by molar-refractivity contribution is 6.05. The summed E-state index contributed by atoms with van der Waals surface area (Å²) < 4.78 is 0. The number of benzene rings is 1. The van der Waals surface area contributed by atoms with Gasteiger partial charge in [0.05, 0.1) is 0 Å². The van der Waals surface area contributed by atoms with Gasteiger partial charge in [-0.2, -0.15) is 0 Å². The maximum absolute atomic E-state index is 12.3. The molecule has 0 atom stereocenters. The maximum Gasteiger partial charge on any atom is 0.259 e. The molecule has 0 aliphatic carbocycles. The minimum atomic E-state index is -0.0641. The van der Waals surface area contributed by atoms with Crippen molar-refractivity contribution in [3.63, 3.8) is 0 Å². The highest BCUT2D eigenvalue weighted by atomic mass is 16.2. The Balaban J connectivity index is 2.09. The zero-order chi connectivity index (χ0) is 14.4. The molecule has 1 amide bonds. The van der Waals surface area contributed by atoms with Crippen LogP contribution >= 0.6 is 0 Å². The molecule has 0 radical (unpaired) electrons. The van der Waals surface area contributed by atoms with Gasteiger partial charge >= 0.3 is 0 Å². The lowest BCUT2D eigenvalue weighted by Crippen LogP contribution is -2.26. The van der Waals surface area contributed by atoms with Crippen molar-refractivity contribution in [1.29, 1.82) is 0 Å². The number of anilines is 2. The van der Waals surface area contributed by atoms with Gasteiger partial charge < -0.3 is 5.32 Å². The van der Waals surface area contributed by atoms with Crippen molar-refractivity contribution in [3.05, 3.63) is 54.2 Å². The molecular weight excluding hydrogens is 250 g/mol. The third kappa shape index (κ3) is 3.35. The van der Waals surface area contributed by atoms with E-state index in [1.54, 1.807) is 18.1 Å². The number of carbonyl (C=O) groups excluding carboxylic acids is 1. The number of nitrogens with one attached hydrogen (secondary N) is 1. The largest absolute Gasteiger partial charge is 0.385 e. The number of hydrogen-bond acceptors (Lipinski definition) is 3. The first-order valence-corrected chi connectivity index (χ1v) is 6.75. The fourth-order valence-corrected chi connectivity index (χ4v) is 1.85. The summed E-state index contributed by atoms with van der Waals surface area (Å²) in [5.74, 6) is 0.580. The van der Waals surface area contributed by atoms with Crippen LogP contribution in [0.1, 0.15) is 23.7 Å². The van der Waals surface area contributed by atoms with E-state index in [2.05, 4.69) is 17.2 Å². The van der Waals surface area contributed by atoms with Crippen LogP contribution in [0.15, 0.2) is 48.7 Å². The summed E-state index contributed by atoms with van der Waals surface area (Å²) in [6, 6.07) is 13.0. The molecule has 0 aliphatic rings. The lowest BCUT2D eigenvalue weighted by Gasteiger charge is -2.16. The Hall–Kier alpha value is -2.36. The van der Waals surface area contributed by atoms with E-state index < -0.39 is 0 Å². The lowest BCUT2D eigenvalue weighted by molar-refractivity contribution is 0.0992. The average molecular weight is 269 g/mol. The van der Waals surface area contributed by atoms with Gasteiger partial charge in [0.25, 0.3) is 5.91 Å². The van der Waals surface area contributed by atoms with Crippen molar-refractivity contribution >= 4 is 17.4 Å². The van der Waals surface area contributed by atoms with Crippen molar-refractivity contribution in [2.75, 3.05) is 23.8 Å². The van der Waals surface area contributed by atoms with Crippen molar-refractivity contribution in [2.45, 2.75) is 13.3 Å². The maximum atomic E-state index is 12.3. The van der Waals surface area contributed by atoms with Crippen LogP contribution in [-0.4, -0.2) is 24.5 Å². The second-order valence-corrected chi connectivity index (χ2v) is 4.56. The first kappa shape index (κ1) is 14.1. The number of pyridine rings is 1. The van der Waals surface area contributed by atoms with E-state index in [-0.39, 0.29) is 5.91 Å². The second kappa shape index (κ2) is 6.70. The highest BCUT2D eigenvalue weighted by Gasteiger charge is 2.13. The standard InChI is InChI=1S/C16H19N3O/c1-3-11-17-14-9-7-13(8-10-14)16(20)19(2)15-6-4-5-12-18-15/h4-10,12,17H,3,11H2,1-2H3. The highest BCUT2D eigenvalue weighted by Crippen LogP contribution is 2.14. The molecule has 0 saturated carbocycles. The lowest BCUT2D eigenvalue weighted by atomic mass is 10.2. The van der Waals surface area contributed by atoms with E-state index in [1.807, 2.05) is 42.5 Å². The van der Waals surface area contributed by atoms with Gasteiger partial charge in [-0.05, 0) is 42.8 Å². The topological polar surface area (TPSA) is 45.2 Å². The van der Waals surface area contributed by atoms with Crippen LogP contribution < -0.4 is 10.2 Å². The molecule has 0 fully saturated rings. The monoisotopic (exact) mass is 269 g/mol. The summed E-state index contributed by atoms with van der Waals surface area (Å²) in [5, 5.41) is 3.28. The van der Waals surface area contributed by atoms with Gasteiger partial charge in [-0.1, -0.05) is 13.0 Å².